The molecule has 0 fully saturated rings. The fourth-order valence-corrected chi connectivity index (χ4v) is 26.7. The van der Waals surface area contributed by atoms with E-state index in [0.717, 1.165) is 25.7 Å². The zero-order chi connectivity index (χ0) is 72.2. The fourth-order valence-electron chi connectivity index (χ4n) is 15.3. The largest absolute Gasteiger partial charge is 0.143 e. The maximum absolute atomic E-state index is 2.60. The van der Waals surface area contributed by atoms with Crippen LogP contribution in [-0.4, -0.2) is 0 Å². The zero-order valence-corrected chi connectivity index (χ0v) is 71.4. The van der Waals surface area contributed by atoms with E-state index in [0.29, 0.717) is 0 Å². The maximum Gasteiger partial charge on any atom is 0.0484 e. The highest BCUT2D eigenvalue weighted by Crippen LogP contribution is 2.56. The first kappa shape index (κ1) is 75.2. The quantitative estimate of drug-likeness (QED) is 0.0394. The predicted molar refractivity (Wildman–Crippen MR) is 479 cm³/mol. The Hall–Kier alpha value is -5.60. The van der Waals surface area contributed by atoms with Crippen molar-refractivity contribution in [1.82, 2.24) is 0 Å². The molecule has 0 saturated heterocycles. The summed E-state index contributed by atoms with van der Waals surface area (Å²) in [4.78, 5) is 25.2. The van der Waals surface area contributed by atoms with Crippen LogP contribution in [-0.2, 0) is 36.5 Å². The Morgan fingerprint density at radius 1 is 0.250 bits per heavy atom. The van der Waals surface area contributed by atoms with Gasteiger partial charge in [0.05, 0.1) is 0 Å². The predicted octanol–water partition coefficient (Wildman–Crippen LogP) is 34.7. The summed E-state index contributed by atoms with van der Waals surface area (Å²) >= 11 is 19.9. The molecule has 0 aliphatic carbocycles. The van der Waals surface area contributed by atoms with Gasteiger partial charge in [-0.3, -0.25) is 0 Å². The summed E-state index contributed by atoms with van der Waals surface area (Å²) in [5, 5.41) is 12.4. The van der Waals surface area contributed by atoms with Crippen molar-refractivity contribution in [3.05, 3.63) is 201 Å². The lowest BCUT2D eigenvalue weighted by Gasteiger charge is -2.24. The standard InChI is InChI=1S/C94H102S10/c1-13-17-21-25-35-65-67(37-27-23-19-15-3)91(103-89(65)83-49-43-75(99-83)73-39-31-53-95-73)85-51-45-79(101-85)77-41-47-81(97-77)87-71-57-61(93(7,8)9)55-69(59(71)5)63-33-29-30-34-64(63)70-56-62(94(10,11)12)58-72(60(70)6)88(87)82-48-42-78(98-82)80-46-52-86(102-80)92-68(38-28-24-20-16-4)66(36-26-22-18-14-2)90(104-92)84-50-44-76(100-84)74-40-32-54-96-74/h29-34,39-58H,13-28,35-38H2,1-12H3. The van der Waals surface area contributed by atoms with Crippen molar-refractivity contribution in [3.8, 4) is 98.9 Å². The van der Waals surface area contributed by atoms with Crippen molar-refractivity contribution in [1.29, 1.82) is 0 Å². The number of fused-ring (bicyclic) bond motifs is 7. The molecule has 0 N–H and O–H groups in total. The summed E-state index contributed by atoms with van der Waals surface area (Å²) in [5.41, 5.74) is 14.3. The van der Waals surface area contributed by atoms with Crippen LogP contribution in [0, 0.1) is 13.8 Å². The molecule has 538 valence electrons. The molecule has 0 aliphatic rings. The molecule has 4 bridgehead atoms. The molecule has 10 aromatic heterocycles. The lowest BCUT2D eigenvalue weighted by Crippen LogP contribution is -2.11. The van der Waals surface area contributed by atoms with Gasteiger partial charge in [0.25, 0.3) is 0 Å². The molecule has 14 aromatic rings. The van der Waals surface area contributed by atoms with Gasteiger partial charge in [-0.25, -0.2) is 0 Å². The van der Waals surface area contributed by atoms with Crippen LogP contribution < -0.4 is 0 Å². The minimum atomic E-state index is -0.112. The third kappa shape index (κ3) is 16.1. The van der Waals surface area contributed by atoms with Gasteiger partial charge in [-0.2, -0.15) is 0 Å². The van der Waals surface area contributed by atoms with Crippen LogP contribution >= 0.6 is 113 Å². The summed E-state index contributed by atoms with van der Waals surface area (Å²) in [6, 6.07) is 58.1. The molecule has 0 amide bonds. The van der Waals surface area contributed by atoms with Gasteiger partial charge in [0.1, 0.15) is 0 Å². The van der Waals surface area contributed by atoms with Gasteiger partial charge in [-0.15, -0.1) is 113 Å². The van der Waals surface area contributed by atoms with Crippen molar-refractivity contribution >= 4 is 146 Å². The van der Waals surface area contributed by atoms with Crippen LogP contribution in [0.4, 0.5) is 0 Å². The van der Waals surface area contributed by atoms with E-state index in [9.17, 15) is 0 Å². The lowest BCUT2D eigenvalue weighted by atomic mass is 9.80. The minimum absolute atomic E-state index is 0.112. The molecular weight excluding hydrogens is 1450 g/mol. The molecule has 0 unspecified atom stereocenters. The van der Waals surface area contributed by atoms with E-state index < -0.39 is 0 Å². The topological polar surface area (TPSA) is 0 Å². The van der Waals surface area contributed by atoms with E-state index in [4.69, 9.17) is 0 Å². The molecule has 0 spiro atoms. The number of thiophene rings is 10. The van der Waals surface area contributed by atoms with Gasteiger partial charge >= 0.3 is 0 Å². The van der Waals surface area contributed by atoms with Crippen LogP contribution in [0.3, 0.4) is 0 Å². The Morgan fingerprint density at radius 2 is 0.519 bits per heavy atom. The van der Waals surface area contributed by atoms with E-state index in [2.05, 4.69) is 262 Å². The van der Waals surface area contributed by atoms with Crippen LogP contribution in [0.25, 0.3) is 131 Å². The third-order valence-electron chi connectivity index (χ3n) is 21.2. The number of rotatable bonds is 30. The van der Waals surface area contributed by atoms with E-state index >= 15 is 0 Å². The van der Waals surface area contributed by atoms with Crippen LogP contribution in [0.1, 0.15) is 216 Å². The summed E-state index contributed by atoms with van der Waals surface area (Å²) in [6.07, 6.45) is 24.9. The van der Waals surface area contributed by atoms with Gasteiger partial charge < -0.3 is 0 Å². The first-order chi connectivity index (χ1) is 50.5. The van der Waals surface area contributed by atoms with Gasteiger partial charge in [0, 0.05) is 98.9 Å². The number of unbranched alkanes of at least 4 members (excludes halogenated alkanes) is 12. The summed E-state index contributed by atoms with van der Waals surface area (Å²) in [6.45, 7) is 28.7. The summed E-state index contributed by atoms with van der Waals surface area (Å²) < 4.78 is 0. The molecule has 0 atom stereocenters. The van der Waals surface area contributed by atoms with E-state index in [1.807, 2.05) is 90.7 Å². The second-order valence-electron chi connectivity index (χ2n) is 30.8. The normalized spacial score (nSPS) is 12.2. The van der Waals surface area contributed by atoms with Crippen LogP contribution in [0.2, 0.25) is 0 Å². The van der Waals surface area contributed by atoms with Gasteiger partial charge in [-0.1, -0.05) is 207 Å². The number of hydrogen-bond acceptors (Lipinski definition) is 10. The molecule has 4 aromatic carbocycles. The molecule has 104 heavy (non-hydrogen) atoms. The first-order valence-electron chi connectivity index (χ1n) is 38.6. The van der Waals surface area contributed by atoms with Crippen LogP contribution in [0.15, 0.2) is 156 Å². The average Bonchev–Trinajstić information content (AvgIpc) is 1.03. The fraction of sp³-hybridized carbons (Fsp3) is 0.362. The van der Waals surface area contributed by atoms with Crippen molar-refractivity contribution < 1.29 is 0 Å². The Balaban J connectivity index is 0.950. The molecular formula is C94H102S10. The third-order valence-corrected chi connectivity index (χ3v) is 33.6. The van der Waals surface area contributed by atoms with Crippen molar-refractivity contribution in [2.75, 3.05) is 0 Å². The average molecular weight is 1550 g/mol. The molecule has 0 radical (unpaired) electrons. The highest BCUT2D eigenvalue weighted by atomic mass is 32.1. The van der Waals surface area contributed by atoms with Crippen molar-refractivity contribution in [2.45, 2.75) is 222 Å². The molecule has 0 aliphatic heterocycles. The molecule has 10 heteroatoms. The molecule has 0 nitrogen and oxygen atoms in total. The summed E-state index contributed by atoms with van der Waals surface area (Å²) in [5.74, 6) is 0. The zero-order valence-electron chi connectivity index (χ0n) is 63.2. The van der Waals surface area contributed by atoms with Crippen molar-refractivity contribution in [3.63, 3.8) is 0 Å². The van der Waals surface area contributed by atoms with Crippen LogP contribution in [0.5, 0.6) is 0 Å². The van der Waals surface area contributed by atoms with Gasteiger partial charge in [0.15, 0.2) is 0 Å². The number of hydrogen-bond donors (Lipinski definition) is 0. The Kier molecular flexibility index (Phi) is 24.2. The molecule has 0 saturated carbocycles. The van der Waals surface area contributed by atoms with E-state index in [1.165, 1.54) is 256 Å². The highest BCUT2D eigenvalue weighted by molar-refractivity contribution is 7.31. The van der Waals surface area contributed by atoms with Gasteiger partial charge in [-0.05, 0) is 249 Å². The molecule has 14 rings (SSSR count). The smallest absolute Gasteiger partial charge is 0.0484 e. The number of aryl methyl sites for hydroxylation is 2. The Labute approximate surface area is 661 Å². The maximum atomic E-state index is 2.60. The molecule has 10 heterocycles. The minimum Gasteiger partial charge on any atom is -0.143 e. The second-order valence-corrected chi connectivity index (χ2v) is 41.2. The SMILES string of the molecule is CCCCCCc1c(-c2ccc(-c3cccs3)s2)sc(-c2ccc(-c3ccc(-c4c(-c5ccc(-c6ccc(-c7sc(-c8ccc(-c9cccs9)s8)c(CCCCCC)c7CCCCCC)s6)s5)c5cc(C(C)(C)C)cc(c5C)c5ccccc5c5cc(C(C)(C)C)cc4c5C)s3)s2)c1CCCCCC. The highest BCUT2D eigenvalue weighted by Gasteiger charge is 2.29. The van der Waals surface area contributed by atoms with Crippen molar-refractivity contribution in [2.24, 2.45) is 0 Å². The first-order valence-corrected chi connectivity index (χ1v) is 46.9. The monoisotopic (exact) mass is 1550 g/mol. The lowest BCUT2D eigenvalue weighted by molar-refractivity contribution is 0.591. The van der Waals surface area contributed by atoms with Gasteiger partial charge in [0.2, 0.25) is 0 Å². The van der Waals surface area contributed by atoms with E-state index in [1.54, 1.807) is 22.3 Å². The number of benzene rings is 3. The van der Waals surface area contributed by atoms with E-state index in [-0.39, 0.29) is 10.8 Å². The Bertz CT molecular complexity index is 4930. The Morgan fingerprint density at radius 3 is 0.798 bits per heavy atom. The summed E-state index contributed by atoms with van der Waals surface area (Å²) in [7, 11) is 0. The second kappa shape index (κ2) is 33.5.